The van der Waals surface area contributed by atoms with Gasteiger partial charge in [-0.3, -0.25) is 19.3 Å². The number of thiol groups is 1. The summed E-state index contributed by atoms with van der Waals surface area (Å²) in [5.74, 6) is -0.773. The highest BCUT2D eigenvalue weighted by atomic mass is 35.5. The summed E-state index contributed by atoms with van der Waals surface area (Å²) in [4.78, 5) is 44.1. The number of piperazine rings is 1. The van der Waals surface area contributed by atoms with E-state index in [0.717, 1.165) is 31.1 Å². The Balaban J connectivity index is 1.58. The molecule has 2 unspecified atom stereocenters. The molecule has 0 bridgehead atoms. The van der Waals surface area contributed by atoms with Crippen LogP contribution in [0.15, 0.2) is 48.5 Å². The molecule has 11 heteroatoms. The zero-order valence-electron chi connectivity index (χ0n) is 24.7. The molecule has 2 atom stereocenters. The molecular formula is C31H43ClN4O5S. The van der Waals surface area contributed by atoms with Crippen molar-refractivity contribution in [3.05, 3.63) is 64.7 Å². The molecule has 0 saturated carbocycles. The minimum atomic E-state index is -0.814. The summed E-state index contributed by atoms with van der Waals surface area (Å²) >= 11 is 10.5. The quantitative estimate of drug-likeness (QED) is 0.246. The van der Waals surface area contributed by atoms with Crippen LogP contribution in [-0.2, 0) is 25.5 Å². The number of carbonyl (C=O) groups is 3. The number of halogens is 1. The van der Waals surface area contributed by atoms with Crippen molar-refractivity contribution in [2.45, 2.75) is 50.5 Å². The number of amides is 2. The maximum Gasteiger partial charge on any atom is 0.322 e. The van der Waals surface area contributed by atoms with Gasteiger partial charge < -0.3 is 25.0 Å². The van der Waals surface area contributed by atoms with E-state index in [1.54, 1.807) is 29.2 Å². The van der Waals surface area contributed by atoms with Gasteiger partial charge in [0, 0.05) is 55.5 Å². The van der Waals surface area contributed by atoms with Crippen molar-refractivity contribution in [3.63, 3.8) is 0 Å². The van der Waals surface area contributed by atoms with Crippen LogP contribution in [0.4, 0.5) is 5.69 Å². The van der Waals surface area contributed by atoms with Gasteiger partial charge in [-0.25, -0.2) is 0 Å². The van der Waals surface area contributed by atoms with Crippen LogP contribution >= 0.6 is 24.2 Å². The van der Waals surface area contributed by atoms with E-state index < -0.39 is 17.3 Å². The topological polar surface area (TPSA) is 105 Å². The first-order chi connectivity index (χ1) is 20.1. The standard InChI is InChI=1S/C31H43ClN4O5S/c1-22(2)41-21-20-36(30(38)28(42)13-12-27(33)31(39)40-3)26-10-6-24(7-11-26)29(37)35-18-16-34(17-19-35)15-14-23-4-8-25(32)9-5-23/h4-11,22,27-28,42H,12-21,33H2,1-3H3. The van der Waals surface area contributed by atoms with E-state index in [4.69, 9.17) is 22.1 Å². The van der Waals surface area contributed by atoms with Crippen LogP contribution < -0.4 is 10.6 Å². The third kappa shape index (κ3) is 10.3. The van der Waals surface area contributed by atoms with Gasteiger partial charge in [-0.2, -0.15) is 12.6 Å². The molecule has 0 aliphatic carbocycles. The van der Waals surface area contributed by atoms with E-state index in [1.165, 1.54) is 12.7 Å². The maximum absolute atomic E-state index is 13.4. The number of carbonyl (C=O) groups excluding carboxylic acids is 3. The Morgan fingerprint density at radius 2 is 1.64 bits per heavy atom. The minimum absolute atomic E-state index is 0.0182. The Morgan fingerprint density at radius 3 is 2.24 bits per heavy atom. The first kappa shape index (κ1) is 33.9. The molecule has 9 nitrogen and oxygen atoms in total. The van der Waals surface area contributed by atoms with Gasteiger partial charge in [0.2, 0.25) is 5.91 Å². The summed E-state index contributed by atoms with van der Waals surface area (Å²) in [7, 11) is 1.28. The van der Waals surface area contributed by atoms with Gasteiger partial charge in [-0.05, 0) is 75.1 Å². The zero-order valence-corrected chi connectivity index (χ0v) is 26.4. The Morgan fingerprint density at radius 1 is 1.00 bits per heavy atom. The molecule has 0 radical (unpaired) electrons. The molecule has 42 heavy (non-hydrogen) atoms. The third-order valence-electron chi connectivity index (χ3n) is 7.29. The van der Waals surface area contributed by atoms with Crippen LogP contribution in [0.1, 0.15) is 42.6 Å². The lowest BCUT2D eigenvalue weighted by molar-refractivity contribution is -0.142. The van der Waals surface area contributed by atoms with Gasteiger partial charge in [0.05, 0.1) is 25.1 Å². The number of benzene rings is 2. The molecule has 3 rings (SSSR count). The van der Waals surface area contributed by atoms with Crippen molar-refractivity contribution in [1.82, 2.24) is 9.80 Å². The predicted molar refractivity (Wildman–Crippen MR) is 169 cm³/mol. The Labute approximate surface area is 259 Å². The Kier molecular flexibility index (Phi) is 13.6. The largest absolute Gasteiger partial charge is 0.468 e. The maximum atomic E-state index is 13.4. The van der Waals surface area contributed by atoms with E-state index in [1.807, 2.05) is 30.9 Å². The molecular weight excluding hydrogens is 576 g/mol. The molecule has 1 aliphatic rings. The molecule has 230 valence electrons. The lowest BCUT2D eigenvalue weighted by atomic mass is 10.1. The number of hydrogen-bond acceptors (Lipinski definition) is 8. The molecule has 2 N–H and O–H groups in total. The van der Waals surface area contributed by atoms with Gasteiger partial charge in [0.15, 0.2) is 0 Å². The summed E-state index contributed by atoms with van der Waals surface area (Å²) in [6.07, 6.45) is 1.53. The first-order valence-corrected chi connectivity index (χ1v) is 15.3. The van der Waals surface area contributed by atoms with Crippen molar-refractivity contribution >= 4 is 47.7 Å². The second-order valence-corrected chi connectivity index (χ2v) is 11.7. The molecule has 2 aromatic rings. The van der Waals surface area contributed by atoms with Crippen molar-refractivity contribution in [2.24, 2.45) is 5.73 Å². The SMILES string of the molecule is COC(=O)C(N)CCC(S)C(=O)N(CCOC(C)C)c1ccc(C(=O)N2CCN(CCc3ccc(Cl)cc3)CC2)cc1. The fraction of sp³-hybridized carbons (Fsp3) is 0.516. The van der Waals surface area contributed by atoms with Crippen LogP contribution in [0, 0.1) is 0 Å². The van der Waals surface area contributed by atoms with Crippen LogP contribution in [-0.4, -0.2) is 98.0 Å². The highest BCUT2D eigenvalue weighted by Gasteiger charge is 2.26. The van der Waals surface area contributed by atoms with Gasteiger partial charge >= 0.3 is 5.97 Å². The summed E-state index contributed by atoms with van der Waals surface area (Å²) in [6.45, 7) is 8.42. The van der Waals surface area contributed by atoms with Gasteiger partial charge in [-0.1, -0.05) is 23.7 Å². The average Bonchev–Trinajstić information content (AvgIpc) is 3.00. The lowest BCUT2D eigenvalue weighted by Gasteiger charge is -2.35. The van der Waals surface area contributed by atoms with Crippen LogP contribution in [0.2, 0.25) is 5.02 Å². The highest BCUT2D eigenvalue weighted by Crippen LogP contribution is 2.21. The second kappa shape index (κ2) is 16.9. The van der Waals surface area contributed by atoms with E-state index in [0.29, 0.717) is 43.9 Å². The van der Waals surface area contributed by atoms with Crippen molar-refractivity contribution in [3.8, 4) is 0 Å². The van der Waals surface area contributed by atoms with Gasteiger partial charge in [0.1, 0.15) is 6.04 Å². The summed E-state index contributed by atoms with van der Waals surface area (Å²) in [5, 5.41) is 0.0685. The number of anilines is 1. The van der Waals surface area contributed by atoms with Gasteiger partial charge in [-0.15, -0.1) is 0 Å². The number of nitrogens with two attached hydrogens (primary N) is 1. The van der Waals surface area contributed by atoms with Crippen molar-refractivity contribution < 1.29 is 23.9 Å². The highest BCUT2D eigenvalue weighted by molar-refractivity contribution is 7.81. The van der Waals surface area contributed by atoms with E-state index in [2.05, 4.69) is 34.4 Å². The van der Waals surface area contributed by atoms with Gasteiger partial charge in [0.25, 0.3) is 5.91 Å². The minimum Gasteiger partial charge on any atom is -0.468 e. The first-order valence-electron chi connectivity index (χ1n) is 14.4. The molecule has 1 aliphatic heterocycles. The summed E-state index contributed by atoms with van der Waals surface area (Å²) < 4.78 is 10.4. The van der Waals surface area contributed by atoms with E-state index in [9.17, 15) is 14.4 Å². The Hall–Kier alpha value is -2.63. The number of nitrogens with zero attached hydrogens (tertiary/aromatic N) is 3. The Bertz CT molecular complexity index is 1160. The van der Waals surface area contributed by atoms with Crippen LogP contribution in [0.5, 0.6) is 0 Å². The fourth-order valence-corrected chi connectivity index (χ4v) is 5.15. The molecule has 1 fully saturated rings. The van der Waals surface area contributed by atoms with Crippen molar-refractivity contribution in [1.29, 1.82) is 0 Å². The second-order valence-electron chi connectivity index (χ2n) is 10.7. The average molecular weight is 619 g/mol. The van der Waals surface area contributed by atoms with E-state index >= 15 is 0 Å². The van der Waals surface area contributed by atoms with E-state index in [-0.39, 0.29) is 24.3 Å². The molecule has 1 heterocycles. The number of ether oxygens (including phenoxy) is 2. The molecule has 0 spiro atoms. The molecule has 0 aromatic heterocycles. The summed E-state index contributed by atoms with van der Waals surface area (Å²) in [6, 6.07) is 14.2. The lowest BCUT2D eigenvalue weighted by Crippen LogP contribution is -2.49. The monoisotopic (exact) mass is 618 g/mol. The van der Waals surface area contributed by atoms with Crippen molar-refractivity contribution in [2.75, 3.05) is 57.9 Å². The summed E-state index contributed by atoms with van der Waals surface area (Å²) in [5.41, 5.74) is 8.30. The number of hydrogen-bond donors (Lipinski definition) is 2. The zero-order chi connectivity index (χ0) is 30.6. The smallest absolute Gasteiger partial charge is 0.322 e. The van der Waals surface area contributed by atoms with Crippen LogP contribution in [0.25, 0.3) is 0 Å². The number of methoxy groups -OCH3 is 1. The number of rotatable bonds is 14. The third-order valence-corrected chi connectivity index (χ3v) is 8.02. The predicted octanol–water partition coefficient (Wildman–Crippen LogP) is 3.68. The number of esters is 1. The molecule has 1 saturated heterocycles. The van der Waals surface area contributed by atoms with Crippen LogP contribution in [0.3, 0.4) is 0 Å². The normalized spacial score (nSPS) is 15.4. The molecule has 2 amide bonds. The molecule has 2 aromatic carbocycles. The fourth-order valence-electron chi connectivity index (χ4n) is 4.74.